The van der Waals surface area contributed by atoms with Crippen molar-refractivity contribution in [3.05, 3.63) is 24.3 Å². The van der Waals surface area contributed by atoms with Crippen LogP contribution < -0.4 is 15.2 Å². The summed E-state index contributed by atoms with van der Waals surface area (Å²) in [5.41, 5.74) is 5.59. The van der Waals surface area contributed by atoms with E-state index in [1.807, 2.05) is 32.0 Å². The van der Waals surface area contributed by atoms with Crippen molar-refractivity contribution < 1.29 is 14.3 Å². The molecule has 0 saturated carbocycles. The molecule has 1 aromatic rings. The molecule has 0 saturated heterocycles. The summed E-state index contributed by atoms with van der Waals surface area (Å²) in [6.07, 6.45) is -0.594. The van der Waals surface area contributed by atoms with E-state index < -0.39 is 6.10 Å². The first-order valence-corrected chi connectivity index (χ1v) is 6.76. The first-order chi connectivity index (χ1) is 9.43. The van der Waals surface area contributed by atoms with Gasteiger partial charge in [-0.25, -0.2) is 0 Å². The number of nitrogens with two attached hydrogens (primary N) is 1. The minimum absolute atomic E-state index is 0. The smallest absolute Gasteiger partial charge is 0.267 e. The quantitative estimate of drug-likeness (QED) is 0.918. The monoisotopic (exact) mass is 314 g/mol. The van der Waals surface area contributed by atoms with Gasteiger partial charge in [-0.05, 0) is 24.1 Å². The molecule has 2 rings (SSSR count). The van der Waals surface area contributed by atoms with E-state index in [4.69, 9.17) is 15.2 Å². The van der Waals surface area contributed by atoms with E-state index in [0.29, 0.717) is 24.6 Å². The van der Waals surface area contributed by atoms with Crippen LogP contribution >= 0.6 is 12.4 Å². The molecule has 0 bridgehead atoms. The molecule has 0 spiro atoms. The highest BCUT2D eigenvalue weighted by atomic mass is 35.5. The van der Waals surface area contributed by atoms with Crippen LogP contribution in [0.15, 0.2) is 24.3 Å². The second kappa shape index (κ2) is 7.00. The van der Waals surface area contributed by atoms with E-state index in [-0.39, 0.29) is 30.3 Å². The van der Waals surface area contributed by atoms with E-state index in [1.54, 1.807) is 18.0 Å². The van der Waals surface area contributed by atoms with Crippen LogP contribution in [0.5, 0.6) is 11.5 Å². The first-order valence-electron chi connectivity index (χ1n) is 6.76. The number of para-hydroxylation sites is 2. The van der Waals surface area contributed by atoms with E-state index in [2.05, 4.69) is 0 Å². The number of carbonyl (C=O) groups excluding carboxylic acids is 1. The summed E-state index contributed by atoms with van der Waals surface area (Å²) in [7, 11) is 1.77. The van der Waals surface area contributed by atoms with Crippen molar-refractivity contribution in [3.8, 4) is 11.5 Å². The number of hydrogen-bond donors (Lipinski definition) is 1. The van der Waals surface area contributed by atoms with Crippen LogP contribution in [0.25, 0.3) is 0 Å². The van der Waals surface area contributed by atoms with Gasteiger partial charge in [0.25, 0.3) is 5.91 Å². The minimum Gasteiger partial charge on any atom is -0.485 e. The average molecular weight is 315 g/mol. The normalized spacial score (nSPS) is 16.9. The molecule has 1 aromatic carbocycles. The fourth-order valence-electron chi connectivity index (χ4n) is 2.17. The number of carbonyl (C=O) groups is 1. The molecule has 5 nitrogen and oxygen atoms in total. The van der Waals surface area contributed by atoms with Gasteiger partial charge < -0.3 is 20.1 Å². The van der Waals surface area contributed by atoms with Crippen molar-refractivity contribution in [2.75, 3.05) is 26.7 Å². The van der Waals surface area contributed by atoms with Crippen molar-refractivity contribution in [2.45, 2.75) is 20.0 Å². The van der Waals surface area contributed by atoms with Crippen LogP contribution in [0, 0.1) is 5.41 Å². The molecule has 1 aliphatic rings. The SMILES string of the molecule is CN(CC(C)(C)CN)C(=O)C1COc2ccccc2O1.Cl. The maximum Gasteiger partial charge on any atom is 0.267 e. The van der Waals surface area contributed by atoms with Crippen LogP contribution in [0.2, 0.25) is 0 Å². The molecule has 0 aliphatic carbocycles. The molecule has 1 aliphatic heterocycles. The third kappa shape index (κ3) is 4.25. The van der Waals surface area contributed by atoms with Crippen LogP contribution in [0.3, 0.4) is 0 Å². The maximum atomic E-state index is 12.4. The Morgan fingerprint density at radius 1 is 1.38 bits per heavy atom. The Hall–Kier alpha value is -1.46. The molecular weight excluding hydrogens is 292 g/mol. The molecule has 1 amide bonds. The van der Waals surface area contributed by atoms with Gasteiger partial charge in [-0.1, -0.05) is 26.0 Å². The summed E-state index contributed by atoms with van der Waals surface area (Å²) in [6, 6.07) is 7.37. The van der Waals surface area contributed by atoms with Crippen LogP contribution in [0.4, 0.5) is 0 Å². The fraction of sp³-hybridized carbons (Fsp3) is 0.533. The largest absolute Gasteiger partial charge is 0.485 e. The van der Waals surface area contributed by atoms with E-state index in [0.717, 1.165) is 0 Å². The molecule has 1 unspecified atom stereocenters. The Morgan fingerprint density at radius 2 is 2.00 bits per heavy atom. The molecule has 118 valence electrons. The van der Waals surface area contributed by atoms with Gasteiger partial charge in [0.05, 0.1) is 0 Å². The number of halogens is 1. The standard InChI is InChI=1S/C15H22N2O3.ClH/c1-15(2,9-16)10-17(3)14(18)13-8-19-11-6-4-5-7-12(11)20-13;/h4-7,13H,8-10,16H2,1-3H3;1H. The average Bonchev–Trinajstić information content (AvgIpc) is 2.45. The summed E-state index contributed by atoms with van der Waals surface area (Å²) in [5, 5.41) is 0. The Balaban J connectivity index is 0.00000220. The van der Waals surface area contributed by atoms with E-state index >= 15 is 0 Å². The Bertz CT molecular complexity index is 494. The summed E-state index contributed by atoms with van der Waals surface area (Å²) in [4.78, 5) is 14.0. The number of amides is 1. The van der Waals surface area contributed by atoms with Crippen LogP contribution in [-0.4, -0.2) is 43.7 Å². The minimum atomic E-state index is -0.594. The van der Waals surface area contributed by atoms with Crippen molar-refractivity contribution in [1.29, 1.82) is 0 Å². The second-order valence-electron chi connectivity index (χ2n) is 5.93. The summed E-state index contributed by atoms with van der Waals surface area (Å²) >= 11 is 0. The predicted molar refractivity (Wildman–Crippen MR) is 84.1 cm³/mol. The van der Waals surface area contributed by atoms with Crippen LogP contribution in [0.1, 0.15) is 13.8 Å². The Kier molecular flexibility index (Phi) is 5.87. The van der Waals surface area contributed by atoms with Gasteiger partial charge in [0.15, 0.2) is 11.5 Å². The molecule has 6 heteroatoms. The number of fused-ring (bicyclic) bond motifs is 1. The molecule has 1 atom stereocenters. The highest BCUT2D eigenvalue weighted by Gasteiger charge is 2.31. The molecule has 0 fully saturated rings. The molecule has 2 N–H and O–H groups in total. The zero-order valence-electron chi connectivity index (χ0n) is 12.7. The highest BCUT2D eigenvalue weighted by Crippen LogP contribution is 2.31. The van der Waals surface area contributed by atoms with Crippen molar-refractivity contribution >= 4 is 18.3 Å². The first kappa shape index (κ1) is 17.6. The highest BCUT2D eigenvalue weighted by molar-refractivity contribution is 5.85. The maximum absolute atomic E-state index is 12.4. The number of likely N-dealkylation sites (N-methyl/N-ethyl adjacent to an activating group) is 1. The van der Waals surface area contributed by atoms with Gasteiger partial charge in [0, 0.05) is 13.6 Å². The van der Waals surface area contributed by atoms with Crippen molar-refractivity contribution in [1.82, 2.24) is 4.90 Å². The molecule has 0 aromatic heterocycles. The lowest BCUT2D eigenvalue weighted by Gasteiger charge is -2.33. The molecule has 0 radical (unpaired) electrons. The topological polar surface area (TPSA) is 64.8 Å². The lowest BCUT2D eigenvalue weighted by Crippen LogP contribution is -2.48. The van der Waals surface area contributed by atoms with Gasteiger partial charge >= 0.3 is 0 Å². The number of nitrogens with zero attached hydrogens (tertiary/aromatic N) is 1. The summed E-state index contributed by atoms with van der Waals surface area (Å²) < 4.78 is 11.3. The fourth-order valence-corrected chi connectivity index (χ4v) is 2.17. The van der Waals surface area contributed by atoms with Crippen molar-refractivity contribution in [2.24, 2.45) is 11.1 Å². The molecule has 21 heavy (non-hydrogen) atoms. The lowest BCUT2D eigenvalue weighted by molar-refractivity contribution is -0.141. The van der Waals surface area contributed by atoms with Crippen molar-refractivity contribution in [3.63, 3.8) is 0 Å². The number of benzene rings is 1. The molecular formula is C15H23ClN2O3. The third-order valence-electron chi connectivity index (χ3n) is 3.38. The number of ether oxygens (including phenoxy) is 2. The lowest BCUT2D eigenvalue weighted by atomic mass is 9.93. The zero-order chi connectivity index (χ0) is 14.8. The van der Waals surface area contributed by atoms with E-state index in [9.17, 15) is 4.79 Å². The number of hydrogen-bond acceptors (Lipinski definition) is 4. The Labute approximate surface area is 131 Å². The Morgan fingerprint density at radius 3 is 2.62 bits per heavy atom. The third-order valence-corrected chi connectivity index (χ3v) is 3.38. The predicted octanol–water partition coefficient (Wildman–Crippen LogP) is 1.69. The zero-order valence-corrected chi connectivity index (χ0v) is 13.5. The van der Waals surface area contributed by atoms with Gasteiger partial charge in [-0.15, -0.1) is 12.4 Å². The summed E-state index contributed by atoms with van der Waals surface area (Å²) in [5.74, 6) is 1.21. The van der Waals surface area contributed by atoms with Gasteiger partial charge in [0.1, 0.15) is 6.61 Å². The van der Waals surface area contributed by atoms with Gasteiger partial charge in [0.2, 0.25) is 6.10 Å². The van der Waals surface area contributed by atoms with Gasteiger partial charge in [-0.3, -0.25) is 4.79 Å². The van der Waals surface area contributed by atoms with Gasteiger partial charge in [-0.2, -0.15) is 0 Å². The second-order valence-corrected chi connectivity index (χ2v) is 5.93. The molecule has 1 heterocycles. The van der Waals surface area contributed by atoms with E-state index in [1.165, 1.54) is 0 Å². The number of rotatable bonds is 4. The van der Waals surface area contributed by atoms with Crippen LogP contribution in [-0.2, 0) is 4.79 Å². The summed E-state index contributed by atoms with van der Waals surface area (Å²) in [6.45, 7) is 5.41.